The molecule has 4 radical (unpaired) electrons. The van der Waals surface area contributed by atoms with Crippen molar-refractivity contribution in [3.05, 3.63) is 0 Å². The van der Waals surface area contributed by atoms with Crippen molar-refractivity contribution in [1.29, 1.82) is 0 Å². The minimum absolute atomic E-state index is 0.633. The molecule has 0 aromatic carbocycles. The molecule has 0 unspecified atom stereocenters. The SMILES string of the molecule is CN1[Si]N[Si]N[Si](C)(C)N(C)[Si](C)(C)N(C)[Si](C)(C)N(C)[Si]1(C)C. The molecule has 0 aromatic heterocycles. The first-order valence-corrected chi connectivity index (χ1v) is 22.2. The Kier molecular flexibility index (Phi) is 7.31. The molecule has 0 saturated carbocycles. The smallest absolute Gasteiger partial charge is 0.234 e. The molecule has 0 aromatic rings. The molecule has 1 fully saturated rings. The molecule has 1 aliphatic rings. The number of hydrogen-bond acceptors (Lipinski definition) is 6. The Morgan fingerprint density at radius 2 is 1.04 bits per heavy atom. The van der Waals surface area contributed by atoms with Crippen LogP contribution in [0.25, 0.3) is 0 Å². The number of nitrogens with zero attached hydrogens (tertiary/aromatic N) is 4. The van der Waals surface area contributed by atoms with Crippen molar-refractivity contribution in [2.24, 2.45) is 0 Å². The molecule has 0 atom stereocenters. The zero-order valence-electron chi connectivity index (χ0n) is 17.8. The van der Waals surface area contributed by atoms with E-state index in [0.717, 1.165) is 0 Å². The van der Waals surface area contributed by atoms with Gasteiger partial charge >= 0.3 is 0 Å². The molecule has 1 aliphatic heterocycles. The zero-order chi connectivity index (χ0) is 19.1. The van der Waals surface area contributed by atoms with Gasteiger partial charge in [-0.1, -0.05) is 0 Å². The highest BCUT2D eigenvalue weighted by molar-refractivity contribution is 6.99. The van der Waals surface area contributed by atoms with Crippen molar-refractivity contribution in [3.63, 3.8) is 0 Å². The van der Waals surface area contributed by atoms with Crippen molar-refractivity contribution < 1.29 is 0 Å². The summed E-state index contributed by atoms with van der Waals surface area (Å²) in [5.74, 6) is 0. The van der Waals surface area contributed by atoms with Crippen molar-refractivity contribution in [2.75, 3.05) is 28.2 Å². The van der Waals surface area contributed by atoms with E-state index < -0.39 is 33.6 Å². The lowest BCUT2D eigenvalue weighted by Crippen LogP contribution is -2.82. The minimum atomic E-state index is -1.71. The molecular formula is C12H38N6Si6. The molecule has 0 amide bonds. The summed E-state index contributed by atoms with van der Waals surface area (Å²) in [4.78, 5) is 0. The molecule has 0 bridgehead atoms. The third-order valence-electron chi connectivity index (χ3n) is 6.42. The van der Waals surface area contributed by atoms with E-state index in [1.807, 2.05) is 0 Å². The lowest BCUT2D eigenvalue weighted by Gasteiger charge is -2.58. The van der Waals surface area contributed by atoms with Crippen LogP contribution in [0.4, 0.5) is 0 Å². The lowest BCUT2D eigenvalue weighted by molar-refractivity contribution is 0.539. The van der Waals surface area contributed by atoms with E-state index in [-0.39, 0.29) is 0 Å². The molecule has 1 heterocycles. The summed E-state index contributed by atoms with van der Waals surface area (Å²) in [6.07, 6.45) is 0. The lowest BCUT2D eigenvalue weighted by atomic mass is 11.5. The van der Waals surface area contributed by atoms with Crippen LogP contribution >= 0.6 is 0 Å². The van der Waals surface area contributed by atoms with Crippen LogP contribution in [0.1, 0.15) is 0 Å². The van der Waals surface area contributed by atoms with Gasteiger partial charge in [-0.2, -0.15) is 0 Å². The normalized spacial score (nSPS) is 30.5. The Hall–Kier alpha value is 1.06. The highest BCUT2D eigenvalue weighted by atomic mass is 28.5. The molecule has 1 saturated heterocycles. The van der Waals surface area contributed by atoms with Crippen LogP contribution in [0.3, 0.4) is 0 Å². The van der Waals surface area contributed by atoms with Crippen LogP contribution in [0, 0.1) is 0 Å². The van der Waals surface area contributed by atoms with Gasteiger partial charge in [-0.05, 0) is 80.6 Å². The summed E-state index contributed by atoms with van der Waals surface area (Å²) in [6.45, 7) is 20.0. The molecular weight excluding hydrogens is 397 g/mol. The van der Waals surface area contributed by atoms with E-state index in [9.17, 15) is 0 Å². The third kappa shape index (κ3) is 4.30. The second-order valence-corrected chi connectivity index (χ2v) is 30.5. The standard InChI is InChI=1S/C12H38N6Si6/c1-15-20-13-19-14-21(5,6)16(2)23(9,10)18(4)24(11,12)17(3)22(15,7)8/h13-14H,1-12H3. The Labute approximate surface area is 160 Å². The van der Waals surface area contributed by atoms with Gasteiger partial charge in [0.05, 0.1) is 0 Å². The van der Waals surface area contributed by atoms with Crippen LogP contribution in [-0.4, -0.2) is 98.4 Å². The third-order valence-corrected chi connectivity index (χ3v) is 34.0. The van der Waals surface area contributed by atoms with E-state index in [2.05, 4.69) is 107 Å². The second-order valence-electron chi connectivity index (χ2n) is 8.77. The maximum absolute atomic E-state index is 3.88. The summed E-state index contributed by atoms with van der Waals surface area (Å²) in [7, 11) is 4.07. The maximum Gasteiger partial charge on any atom is 0.234 e. The quantitative estimate of drug-likeness (QED) is 0.549. The molecule has 0 spiro atoms. The maximum atomic E-state index is 3.88. The number of rotatable bonds is 0. The Morgan fingerprint density at radius 3 is 1.54 bits per heavy atom. The van der Waals surface area contributed by atoms with Gasteiger partial charge in [0.2, 0.25) is 19.7 Å². The van der Waals surface area contributed by atoms with Gasteiger partial charge in [0.1, 0.15) is 0 Å². The van der Waals surface area contributed by atoms with Crippen LogP contribution in [-0.2, 0) is 0 Å². The van der Waals surface area contributed by atoms with Crippen molar-refractivity contribution >= 4 is 53.3 Å². The largest absolute Gasteiger partial charge is 0.337 e. The second kappa shape index (κ2) is 7.59. The Bertz CT molecular complexity index is 446. The molecule has 24 heavy (non-hydrogen) atoms. The number of hydrogen-bond donors (Lipinski definition) is 2. The van der Waals surface area contributed by atoms with Gasteiger partial charge in [0.15, 0.2) is 33.6 Å². The van der Waals surface area contributed by atoms with E-state index in [0.29, 0.717) is 19.7 Å². The molecule has 2 N–H and O–H groups in total. The first-order valence-electron chi connectivity index (χ1n) is 8.58. The predicted octanol–water partition coefficient (Wildman–Crippen LogP) is 0.782. The first-order chi connectivity index (χ1) is 10.6. The van der Waals surface area contributed by atoms with Crippen molar-refractivity contribution in [3.8, 4) is 0 Å². The highest BCUT2D eigenvalue weighted by Crippen LogP contribution is 2.28. The van der Waals surface area contributed by atoms with Gasteiger partial charge in [0.25, 0.3) is 0 Å². The monoisotopic (exact) mass is 434 g/mol. The van der Waals surface area contributed by atoms with Crippen molar-refractivity contribution in [1.82, 2.24) is 26.2 Å². The summed E-state index contributed by atoms with van der Waals surface area (Å²) in [6, 6.07) is 0. The fraction of sp³-hybridized carbons (Fsp3) is 1.00. The Balaban J connectivity index is 3.36. The molecule has 140 valence electrons. The van der Waals surface area contributed by atoms with Crippen LogP contribution in [0.5, 0.6) is 0 Å². The average molecular weight is 435 g/mol. The van der Waals surface area contributed by atoms with Gasteiger partial charge < -0.3 is 26.2 Å². The highest BCUT2D eigenvalue weighted by Gasteiger charge is 2.51. The van der Waals surface area contributed by atoms with Gasteiger partial charge in [-0.3, -0.25) is 0 Å². The minimum Gasteiger partial charge on any atom is -0.337 e. The summed E-state index contributed by atoms with van der Waals surface area (Å²) < 4.78 is 18.5. The Morgan fingerprint density at radius 1 is 0.625 bits per heavy atom. The summed E-state index contributed by atoms with van der Waals surface area (Å²) >= 11 is 0. The van der Waals surface area contributed by atoms with E-state index >= 15 is 0 Å². The topological polar surface area (TPSA) is 37.0 Å². The van der Waals surface area contributed by atoms with Crippen molar-refractivity contribution in [2.45, 2.75) is 52.4 Å². The van der Waals surface area contributed by atoms with Gasteiger partial charge in [-0.25, -0.2) is 0 Å². The van der Waals surface area contributed by atoms with Crippen LogP contribution in [0.15, 0.2) is 0 Å². The van der Waals surface area contributed by atoms with Gasteiger partial charge in [0, 0.05) is 0 Å². The van der Waals surface area contributed by atoms with E-state index in [4.69, 9.17) is 0 Å². The summed E-state index contributed by atoms with van der Waals surface area (Å²) in [5.41, 5.74) is 0. The fourth-order valence-electron chi connectivity index (χ4n) is 3.21. The van der Waals surface area contributed by atoms with E-state index in [1.54, 1.807) is 0 Å². The fourth-order valence-corrected chi connectivity index (χ4v) is 30.1. The molecule has 1 rings (SSSR count). The molecule has 0 aliphatic carbocycles. The zero-order valence-corrected chi connectivity index (χ0v) is 23.8. The van der Waals surface area contributed by atoms with E-state index in [1.165, 1.54) is 0 Å². The van der Waals surface area contributed by atoms with Gasteiger partial charge in [-0.15, -0.1) is 0 Å². The first kappa shape index (κ1) is 23.1. The van der Waals surface area contributed by atoms with Crippen LogP contribution in [0.2, 0.25) is 52.4 Å². The average Bonchev–Trinajstić information content (AvgIpc) is 2.47. The molecule has 6 nitrogen and oxygen atoms in total. The van der Waals surface area contributed by atoms with Crippen LogP contribution < -0.4 is 9.30 Å². The summed E-state index contributed by atoms with van der Waals surface area (Å²) in [5, 5.41) is 0. The molecule has 12 heteroatoms. The number of nitrogens with one attached hydrogen (secondary N) is 2. The predicted molar refractivity (Wildman–Crippen MR) is 119 cm³/mol.